The summed E-state index contributed by atoms with van der Waals surface area (Å²) < 4.78 is 1.83. The molecule has 1 rings (SSSR count). The van der Waals surface area contributed by atoms with Crippen LogP contribution in [0.5, 0.6) is 0 Å². The van der Waals surface area contributed by atoms with Gasteiger partial charge < -0.3 is 10.6 Å². The van der Waals surface area contributed by atoms with Crippen LogP contribution in [0.15, 0.2) is 6.20 Å². The van der Waals surface area contributed by atoms with E-state index in [0.717, 1.165) is 18.7 Å². The number of carbonyl (C=O) groups is 1. The maximum absolute atomic E-state index is 11.0. The molecule has 0 aliphatic heterocycles. The highest BCUT2D eigenvalue weighted by Gasteiger charge is 2.05. The number of rotatable bonds is 6. The van der Waals surface area contributed by atoms with Crippen LogP contribution in [0.4, 0.5) is 0 Å². The number of hydrogen-bond acceptors (Lipinski definition) is 3. The fraction of sp³-hybridized carbons (Fsp3) is 0.636. The zero-order valence-electron chi connectivity index (χ0n) is 10.2. The highest BCUT2D eigenvalue weighted by molar-refractivity contribution is 5.75. The first-order chi connectivity index (χ1) is 7.67. The van der Waals surface area contributed by atoms with Gasteiger partial charge in [0.2, 0.25) is 5.91 Å². The van der Waals surface area contributed by atoms with Crippen LogP contribution < -0.4 is 10.6 Å². The number of carbonyl (C=O) groups excluding carboxylic acids is 1. The Morgan fingerprint density at radius 3 is 2.94 bits per heavy atom. The smallest absolute Gasteiger partial charge is 0.221 e. The van der Waals surface area contributed by atoms with Crippen LogP contribution in [0.3, 0.4) is 0 Å². The molecule has 0 atom stereocenters. The minimum atomic E-state index is 0.0643. The summed E-state index contributed by atoms with van der Waals surface area (Å²) in [6.07, 6.45) is 3.47. The molecule has 0 fully saturated rings. The van der Waals surface area contributed by atoms with Crippen LogP contribution in [0, 0.1) is 0 Å². The number of hydrogen-bond donors (Lipinski definition) is 2. The van der Waals surface area contributed by atoms with Crippen LogP contribution in [0.25, 0.3) is 0 Å². The van der Waals surface area contributed by atoms with Crippen molar-refractivity contribution in [3.8, 4) is 0 Å². The quantitative estimate of drug-likeness (QED) is 0.679. The van der Waals surface area contributed by atoms with E-state index in [4.69, 9.17) is 0 Å². The van der Waals surface area contributed by atoms with Gasteiger partial charge in [-0.15, -0.1) is 0 Å². The Labute approximate surface area is 96.2 Å². The monoisotopic (exact) mass is 224 g/mol. The second-order valence-electron chi connectivity index (χ2n) is 3.73. The zero-order chi connectivity index (χ0) is 12.0. The van der Waals surface area contributed by atoms with Gasteiger partial charge in [-0.2, -0.15) is 5.10 Å². The van der Waals surface area contributed by atoms with Gasteiger partial charge in [-0.1, -0.05) is 6.92 Å². The summed E-state index contributed by atoms with van der Waals surface area (Å²) in [4.78, 5) is 11.0. The number of aromatic nitrogens is 2. The fourth-order valence-corrected chi connectivity index (χ4v) is 1.58. The summed E-state index contributed by atoms with van der Waals surface area (Å²) in [6, 6.07) is 0. The van der Waals surface area contributed by atoms with E-state index in [1.807, 2.05) is 17.9 Å². The molecule has 16 heavy (non-hydrogen) atoms. The molecule has 5 nitrogen and oxygen atoms in total. The van der Waals surface area contributed by atoms with Gasteiger partial charge >= 0.3 is 0 Å². The van der Waals surface area contributed by atoms with Crippen molar-refractivity contribution in [2.75, 3.05) is 13.6 Å². The first kappa shape index (κ1) is 12.7. The molecule has 5 heteroatoms. The van der Waals surface area contributed by atoms with Crippen LogP contribution in [0.2, 0.25) is 0 Å². The Hall–Kier alpha value is -1.36. The number of aryl methyl sites for hydroxylation is 2. The van der Waals surface area contributed by atoms with Crippen molar-refractivity contribution in [2.24, 2.45) is 7.05 Å². The second-order valence-corrected chi connectivity index (χ2v) is 3.73. The SMILES string of the molecule is CCc1nn(C)cc1CNCCC(=O)NC. The highest BCUT2D eigenvalue weighted by Crippen LogP contribution is 2.06. The topological polar surface area (TPSA) is 59.0 Å². The molecule has 0 spiro atoms. The van der Waals surface area contributed by atoms with Gasteiger partial charge in [0, 0.05) is 45.4 Å². The van der Waals surface area contributed by atoms with Crippen molar-refractivity contribution in [3.05, 3.63) is 17.5 Å². The zero-order valence-corrected chi connectivity index (χ0v) is 10.2. The van der Waals surface area contributed by atoms with Crippen molar-refractivity contribution in [1.82, 2.24) is 20.4 Å². The van der Waals surface area contributed by atoms with Crippen LogP contribution in [-0.2, 0) is 24.8 Å². The first-order valence-electron chi connectivity index (χ1n) is 5.60. The van der Waals surface area contributed by atoms with Gasteiger partial charge in [0.15, 0.2) is 0 Å². The van der Waals surface area contributed by atoms with Crippen molar-refractivity contribution in [1.29, 1.82) is 0 Å². The van der Waals surface area contributed by atoms with E-state index in [2.05, 4.69) is 22.7 Å². The lowest BCUT2D eigenvalue weighted by atomic mass is 10.2. The minimum Gasteiger partial charge on any atom is -0.359 e. The molecule has 90 valence electrons. The summed E-state index contributed by atoms with van der Waals surface area (Å²) >= 11 is 0. The Morgan fingerprint density at radius 1 is 1.56 bits per heavy atom. The average molecular weight is 224 g/mol. The Morgan fingerprint density at radius 2 is 2.31 bits per heavy atom. The Kier molecular flexibility index (Phi) is 4.98. The molecule has 1 amide bonds. The molecule has 0 bridgehead atoms. The molecular formula is C11H20N4O. The van der Waals surface area contributed by atoms with Gasteiger partial charge in [0.05, 0.1) is 5.69 Å². The highest BCUT2D eigenvalue weighted by atomic mass is 16.1. The van der Waals surface area contributed by atoms with E-state index in [1.54, 1.807) is 7.05 Å². The van der Waals surface area contributed by atoms with Gasteiger partial charge in [-0.3, -0.25) is 9.48 Å². The summed E-state index contributed by atoms with van der Waals surface area (Å²) in [7, 11) is 3.58. The molecule has 0 saturated heterocycles. The lowest BCUT2D eigenvalue weighted by Crippen LogP contribution is -2.24. The molecule has 0 aliphatic rings. The second kappa shape index (κ2) is 6.27. The maximum Gasteiger partial charge on any atom is 0.221 e. The van der Waals surface area contributed by atoms with Crippen molar-refractivity contribution in [3.63, 3.8) is 0 Å². The number of amides is 1. The Bertz CT molecular complexity index is 346. The van der Waals surface area contributed by atoms with Gasteiger partial charge in [-0.05, 0) is 6.42 Å². The van der Waals surface area contributed by atoms with Gasteiger partial charge in [-0.25, -0.2) is 0 Å². The lowest BCUT2D eigenvalue weighted by molar-refractivity contribution is -0.120. The predicted octanol–water partition coefficient (Wildman–Crippen LogP) is 0.208. The van der Waals surface area contributed by atoms with Crippen LogP contribution >= 0.6 is 0 Å². The molecule has 0 aromatic carbocycles. The third kappa shape index (κ3) is 3.66. The van der Waals surface area contributed by atoms with Crippen LogP contribution in [0.1, 0.15) is 24.6 Å². The number of nitrogens with zero attached hydrogens (tertiary/aromatic N) is 2. The molecule has 2 N–H and O–H groups in total. The van der Waals surface area contributed by atoms with E-state index >= 15 is 0 Å². The van der Waals surface area contributed by atoms with E-state index in [0.29, 0.717) is 13.0 Å². The minimum absolute atomic E-state index is 0.0643. The Balaban J connectivity index is 2.34. The standard InChI is InChI=1S/C11H20N4O/c1-4-10-9(8-15(3)14-10)7-13-6-5-11(16)12-2/h8,13H,4-7H2,1-3H3,(H,12,16). The fourth-order valence-electron chi connectivity index (χ4n) is 1.58. The van der Waals surface area contributed by atoms with Gasteiger partial charge in [0.25, 0.3) is 0 Å². The summed E-state index contributed by atoms with van der Waals surface area (Å²) in [6.45, 7) is 3.56. The molecule has 0 saturated carbocycles. The number of nitrogens with one attached hydrogen (secondary N) is 2. The molecule has 1 heterocycles. The van der Waals surface area contributed by atoms with Crippen molar-refractivity contribution >= 4 is 5.91 Å². The average Bonchev–Trinajstić information content (AvgIpc) is 2.64. The largest absolute Gasteiger partial charge is 0.359 e. The molecule has 0 radical (unpaired) electrons. The van der Waals surface area contributed by atoms with E-state index in [1.165, 1.54) is 5.56 Å². The van der Waals surface area contributed by atoms with Crippen LogP contribution in [-0.4, -0.2) is 29.3 Å². The molecule has 0 aliphatic carbocycles. The summed E-state index contributed by atoms with van der Waals surface area (Å²) in [5.41, 5.74) is 2.33. The van der Waals surface area contributed by atoms with E-state index < -0.39 is 0 Å². The van der Waals surface area contributed by atoms with E-state index in [9.17, 15) is 4.79 Å². The third-order valence-electron chi connectivity index (χ3n) is 2.45. The maximum atomic E-state index is 11.0. The third-order valence-corrected chi connectivity index (χ3v) is 2.45. The normalized spacial score (nSPS) is 10.4. The van der Waals surface area contributed by atoms with Gasteiger partial charge in [0.1, 0.15) is 0 Å². The summed E-state index contributed by atoms with van der Waals surface area (Å²) in [5, 5.41) is 10.2. The first-order valence-corrected chi connectivity index (χ1v) is 5.60. The molecular weight excluding hydrogens is 204 g/mol. The van der Waals surface area contributed by atoms with Crippen molar-refractivity contribution in [2.45, 2.75) is 26.3 Å². The molecule has 0 unspecified atom stereocenters. The molecule has 1 aromatic rings. The van der Waals surface area contributed by atoms with Crippen molar-refractivity contribution < 1.29 is 4.79 Å². The predicted molar refractivity (Wildman–Crippen MR) is 63.0 cm³/mol. The molecule has 1 aromatic heterocycles. The summed E-state index contributed by atoms with van der Waals surface area (Å²) in [5.74, 6) is 0.0643. The lowest BCUT2D eigenvalue weighted by Gasteiger charge is -2.03. The van der Waals surface area contributed by atoms with E-state index in [-0.39, 0.29) is 5.91 Å².